The summed E-state index contributed by atoms with van der Waals surface area (Å²) in [5.41, 5.74) is 2.78. The lowest BCUT2D eigenvalue weighted by molar-refractivity contribution is -0.141. The summed E-state index contributed by atoms with van der Waals surface area (Å²) < 4.78 is 6.59. The van der Waals surface area contributed by atoms with Gasteiger partial charge >= 0.3 is 0 Å². The predicted molar refractivity (Wildman–Crippen MR) is 135 cm³/mol. The third-order valence-corrected chi connectivity index (χ3v) is 6.00. The number of nitrogens with zero attached hydrogens (tertiary/aromatic N) is 1. The molecule has 34 heavy (non-hydrogen) atoms. The fraction of sp³-hybridized carbons (Fsp3) is 0.143. The van der Waals surface area contributed by atoms with Crippen LogP contribution in [0.4, 0.5) is 0 Å². The average Bonchev–Trinajstić information content (AvgIpc) is 3.39. The summed E-state index contributed by atoms with van der Waals surface area (Å²) in [5.74, 6) is -0.0354. The topological polar surface area (TPSA) is 62.6 Å². The largest absolute Gasteiger partial charge is 0.467 e. The Hall–Kier alpha value is -3.64. The Kier molecular flexibility index (Phi) is 7.94. The van der Waals surface area contributed by atoms with Crippen molar-refractivity contribution in [3.63, 3.8) is 0 Å². The van der Waals surface area contributed by atoms with Crippen molar-refractivity contribution in [1.82, 2.24) is 10.2 Å². The molecule has 0 aliphatic heterocycles. The molecule has 1 atom stereocenters. The molecule has 1 unspecified atom stereocenters. The van der Waals surface area contributed by atoms with Crippen molar-refractivity contribution >= 4 is 27.7 Å². The Morgan fingerprint density at radius 2 is 1.44 bits per heavy atom. The van der Waals surface area contributed by atoms with Crippen LogP contribution in [0.3, 0.4) is 0 Å². The van der Waals surface area contributed by atoms with E-state index in [0.717, 1.165) is 21.2 Å². The average molecular weight is 517 g/mol. The fourth-order valence-electron chi connectivity index (χ4n) is 3.73. The van der Waals surface area contributed by atoms with Crippen LogP contribution in [0.15, 0.2) is 112 Å². The van der Waals surface area contributed by atoms with Crippen molar-refractivity contribution < 1.29 is 14.0 Å². The van der Waals surface area contributed by atoms with E-state index < -0.39 is 6.04 Å². The van der Waals surface area contributed by atoms with E-state index in [1.807, 2.05) is 84.9 Å². The highest BCUT2D eigenvalue weighted by Crippen LogP contribution is 2.26. The molecule has 0 radical (unpaired) electrons. The van der Waals surface area contributed by atoms with Crippen molar-refractivity contribution in [3.05, 3.63) is 130 Å². The molecule has 172 valence electrons. The van der Waals surface area contributed by atoms with E-state index in [1.54, 1.807) is 17.0 Å². The molecule has 0 fully saturated rings. The summed E-state index contributed by atoms with van der Waals surface area (Å²) >= 11 is 3.45. The first kappa shape index (κ1) is 23.5. The lowest BCUT2D eigenvalue weighted by Crippen LogP contribution is -2.43. The number of rotatable bonds is 9. The monoisotopic (exact) mass is 516 g/mol. The number of furan rings is 1. The van der Waals surface area contributed by atoms with Crippen LogP contribution in [0.5, 0.6) is 0 Å². The van der Waals surface area contributed by atoms with Crippen LogP contribution < -0.4 is 5.32 Å². The minimum absolute atomic E-state index is 0.162. The van der Waals surface area contributed by atoms with Gasteiger partial charge in [-0.3, -0.25) is 9.59 Å². The Labute approximate surface area is 207 Å². The van der Waals surface area contributed by atoms with Crippen molar-refractivity contribution in [2.75, 3.05) is 0 Å². The molecule has 2 amide bonds. The van der Waals surface area contributed by atoms with E-state index in [2.05, 4.69) is 21.2 Å². The van der Waals surface area contributed by atoms with Crippen LogP contribution in [0.1, 0.15) is 28.5 Å². The Morgan fingerprint density at radius 1 is 0.794 bits per heavy atom. The van der Waals surface area contributed by atoms with Gasteiger partial charge < -0.3 is 14.6 Å². The van der Waals surface area contributed by atoms with Crippen LogP contribution in [0, 0.1) is 0 Å². The van der Waals surface area contributed by atoms with E-state index >= 15 is 0 Å². The molecular weight excluding hydrogens is 492 g/mol. The first-order valence-electron chi connectivity index (χ1n) is 11.0. The molecule has 6 heteroatoms. The maximum absolute atomic E-state index is 13.6. The van der Waals surface area contributed by atoms with Gasteiger partial charge in [-0.25, -0.2) is 0 Å². The summed E-state index contributed by atoms with van der Waals surface area (Å²) in [6, 6.07) is 29.5. The Bertz CT molecular complexity index is 1190. The second-order valence-electron chi connectivity index (χ2n) is 7.93. The number of nitrogens with one attached hydrogen (secondary N) is 1. The van der Waals surface area contributed by atoms with Gasteiger partial charge in [0.15, 0.2) is 6.04 Å². The minimum atomic E-state index is -0.904. The normalized spacial score (nSPS) is 11.6. The van der Waals surface area contributed by atoms with Gasteiger partial charge in [-0.2, -0.15) is 0 Å². The lowest BCUT2D eigenvalue weighted by Gasteiger charge is -2.30. The molecule has 4 rings (SSSR count). The molecule has 0 saturated heterocycles. The second kappa shape index (κ2) is 11.5. The highest BCUT2D eigenvalue weighted by atomic mass is 79.9. The second-order valence-corrected chi connectivity index (χ2v) is 8.85. The van der Waals surface area contributed by atoms with Crippen LogP contribution in [-0.2, 0) is 29.1 Å². The summed E-state index contributed by atoms with van der Waals surface area (Å²) in [5, 5.41) is 2.98. The lowest BCUT2D eigenvalue weighted by atomic mass is 10.1. The van der Waals surface area contributed by atoms with Crippen molar-refractivity contribution in [1.29, 1.82) is 0 Å². The van der Waals surface area contributed by atoms with Crippen LogP contribution >= 0.6 is 15.9 Å². The van der Waals surface area contributed by atoms with Crippen molar-refractivity contribution in [3.8, 4) is 0 Å². The smallest absolute Gasteiger partial charge is 0.251 e. The first-order valence-corrected chi connectivity index (χ1v) is 11.8. The molecule has 5 nitrogen and oxygen atoms in total. The number of carbonyl (C=O) groups is 2. The number of carbonyl (C=O) groups excluding carboxylic acids is 2. The number of hydrogen-bond acceptors (Lipinski definition) is 3. The van der Waals surface area contributed by atoms with Gasteiger partial charge in [0.1, 0.15) is 5.76 Å². The summed E-state index contributed by atoms with van der Waals surface area (Å²) in [6.45, 7) is 0.624. The van der Waals surface area contributed by atoms with E-state index in [0.29, 0.717) is 12.3 Å². The van der Waals surface area contributed by atoms with Crippen LogP contribution in [-0.4, -0.2) is 16.7 Å². The number of hydrogen-bond donors (Lipinski definition) is 1. The van der Waals surface area contributed by atoms with Gasteiger partial charge in [-0.1, -0.05) is 88.7 Å². The third kappa shape index (κ3) is 6.23. The molecule has 0 saturated carbocycles. The Morgan fingerprint density at radius 3 is 2.06 bits per heavy atom. The maximum atomic E-state index is 13.6. The van der Waals surface area contributed by atoms with Crippen molar-refractivity contribution in [2.24, 2.45) is 0 Å². The number of amides is 2. The zero-order chi connectivity index (χ0) is 23.8. The molecule has 0 bridgehead atoms. The molecule has 3 aromatic carbocycles. The van der Waals surface area contributed by atoms with E-state index in [9.17, 15) is 9.59 Å². The standard InChI is InChI=1S/C28H25BrN2O3/c29-24-15-13-23(14-16-24)20-31(26(32)18-21-8-3-1-4-9-21)27(25-12-7-17-34-25)28(33)30-19-22-10-5-2-6-11-22/h1-17,27H,18-20H2,(H,30,33). The molecule has 1 heterocycles. The van der Waals surface area contributed by atoms with Crippen LogP contribution in [0.25, 0.3) is 0 Å². The van der Waals surface area contributed by atoms with Gasteiger partial charge in [-0.15, -0.1) is 0 Å². The van der Waals surface area contributed by atoms with Gasteiger partial charge in [-0.05, 0) is 41.0 Å². The molecular formula is C28H25BrN2O3. The minimum Gasteiger partial charge on any atom is -0.467 e. The van der Waals surface area contributed by atoms with Gasteiger partial charge in [0.05, 0.1) is 12.7 Å². The third-order valence-electron chi connectivity index (χ3n) is 5.47. The molecule has 0 aliphatic rings. The predicted octanol–water partition coefficient (Wildman–Crippen LogP) is 5.67. The molecule has 1 aromatic heterocycles. The molecule has 0 spiro atoms. The SMILES string of the molecule is O=C(NCc1ccccc1)C(c1ccco1)N(Cc1ccc(Br)cc1)C(=O)Cc1ccccc1. The highest BCUT2D eigenvalue weighted by molar-refractivity contribution is 9.10. The maximum Gasteiger partial charge on any atom is 0.251 e. The van der Waals surface area contributed by atoms with Crippen molar-refractivity contribution in [2.45, 2.75) is 25.6 Å². The molecule has 0 aliphatic carbocycles. The molecule has 4 aromatic rings. The highest BCUT2D eigenvalue weighted by Gasteiger charge is 2.33. The first-order chi connectivity index (χ1) is 16.6. The van der Waals surface area contributed by atoms with Gasteiger partial charge in [0.25, 0.3) is 5.91 Å². The number of halogens is 1. The van der Waals surface area contributed by atoms with Gasteiger partial charge in [0.2, 0.25) is 5.91 Å². The Balaban J connectivity index is 1.64. The van der Waals surface area contributed by atoms with E-state index in [4.69, 9.17) is 4.42 Å². The summed E-state index contributed by atoms with van der Waals surface area (Å²) in [6.07, 6.45) is 1.70. The fourth-order valence-corrected chi connectivity index (χ4v) is 4.00. The van der Waals surface area contributed by atoms with E-state index in [1.165, 1.54) is 6.26 Å². The van der Waals surface area contributed by atoms with E-state index in [-0.39, 0.29) is 24.8 Å². The van der Waals surface area contributed by atoms with Gasteiger partial charge in [0, 0.05) is 17.6 Å². The zero-order valence-corrected chi connectivity index (χ0v) is 20.1. The zero-order valence-electron chi connectivity index (χ0n) is 18.6. The van der Waals surface area contributed by atoms with Crippen LogP contribution in [0.2, 0.25) is 0 Å². The summed E-state index contributed by atoms with van der Waals surface area (Å²) in [7, 11) is 0. The number of benzene rings is 3. The summed E-state index contributed by atoms with van der Waals surface area (Å²) in [4.78, 5) is 28.7. The molecule has 1 N–H and O–H groups in total. The quantitative estimate of drug-likeness (QED) is 0.311.